The van der Waals surface area contributed by atoms with Crippen LogP contribution in [0.15, 0.2) is 29.1 Å². The first-order chi connectivity index (χ1) is 11.9. The largest absolute Gasteiger partial charge is 0.301 e. The Morgan fingerprint density at radius 3 is 2.80 bits per heavy atom. The summed E-state index contributed by atoms with van der Waals surface area (Å²) in [7, 11) is 1.63. The summed E-state index contributed by atoms with van der Waals surface area (Å²) >= 11 is 13.7. The molecular formula is C17H12Cl2N4OS. The molecule has 126 valence electrons. The Morgan fingerprint density at radius 2 is 2.12 bits per heavy atom. The average molecular weight is 391 g/mol. The molecule has 0 fully saturated rings. The van der Waals surface area contributed by atoms with Crippen LogP contribution in [0.3, 0.4) is 0 Å². The van der Waals surface area contributed by atoms with Gasteiger partial charge in [-0.25, -0.2) is 4.68 Å². The summed E-state index contributed by atoms with van der Waals surface area (Å²) in [6, 6.07) is 9.12. The van der Waals surface area contributed by atoms with Crippen molar-refractivity contribution in [3.8, 4) is 11.8 Å². The van der Waals surface area contributed by atoms with Crippen molar-refractivity contribution in [1.82, 2.24) is 14.3 Å². The number of hydrogen-bond donors (Lipinski definition) is 0. The second-order valence-corrected chi connectivity index (χ2v) is 7.12. The third-order valence-electron chi connectivity index (χ3n) is 3.62. The van der Waals surface area contributed by atoms with Crippen LogP contribution in [0.1, 0.15) is 11.3 Å². The number of halogens is 2. The maximum absolute atomic E-state index is 12.3. The van der Waals surface area contributed by atoms with Gasteiger partial charge in [-0.2, -0.15) is 10.4 Å². The molecule has 0 bridgehead atoms. The Kier molecular flexibility index (Phi) is 4.82. The van der Waals surface area contributed by atoms with Crippen LogP contribution in [0.2, 0.25) is 10.2 Å². The summed E-state index contributed by atoms with van der Waals surface area (Å²) < 4.78 is 4.08. The molecule has 3 rings (SSSR count). The first kappa shape index (κ1) is 17.5. The van der Waals surface area contributed by atoms with Crippen molar-refractivity contribution < 1.29 is 0 Å². The molecule has 3 aromatic rings. The monoisotopic (exact) mass is 390 g/mol. The van der Waals surface area contributed by atoms with Gasteiger partial charge in [-0.15, -0.1) is 11.3 Å². The highest BCUT2D eigenvalue weighted by Crippen LogP contribution is 2.25. The fourth-order valence-corrected chi connectivity index (χ4v) is 3.82. The molecule has 0 aliphatic carbocycles. The van der Waals surface area contributed by atoms with Crippen molar-refractivity contribution in [1.29, 1.82) is 5.26 Å². The molecule has 1 aromatic carbocycles. The number of aromatic nitrogens is 3. The topological polar surface area (TPSA) is 63.6 Å². The molecule has 0 atom stereocenters. The summed E-state index contributed by atoms with van der Waals surface area (Å²) in [5.41, 5.74) is 1.89. The first-order valence-electron chi connectivity index (χ1n) is 7.21. The van der Waals surface area contributed by atoms with Crippen LogP contribution in [0.4, 0.5) is 0 Å². The molecule has 0 saturated heterocycles. The summed E-state index contributed by atoms with van der Waals surface area (Å²) in [6.07, 6.45) is 3.04. The van der Waals surface area contributed by atoms with E-state index in [1.807, 2.05) is 25.1 Å². The van der Waals surface area contributed by atoms with E-state index in [1.165, 1.54) is 22.0 Å². The second-order valence-electron chi connectivity index (χ2n) is 5.27. The Morgan fingerprint density at radius 1 is 1.36 bits per heavy atom. The van der Waals surface area contributed by atoms with Crippen LogP contribution in [0, 0.1) is 18.3 Å². The first-order valence-corrected chi connectivity index (χ1v) is 8.78. The van der Waals surface area contributed by atoms with Crippen molar-refractivity contribution in [2.45, 2.75) is 6.92 Å². The number of hydrogen-bond acceptors (Lipinski definition) is 4. The minimum atomic E-state index is -0.183. The summed E-state index contributed by atoms with van der Waals surface area (Å²) in [4.78, 5) is 12.3. The van der Waals surface area contributed by atoms with E-state index in [9.17, 15) is 4.79 Å². The maximum atomic E-state index is 12.3. The van der Waals surface area contributed by atoms with E-state index in [0.717, 1.165) is 5.69 Å². The zero-order valence-corrected chi connectivity index (χ0v) is 15.7. The van der Waals surface area contributed by atoms with Crippen LogP contribution in [-0.2, 0) is 7.05 Å². The van der Waals surface area contributed by atoms with Crippen LogP contribution < -0.4 is 14.8 Å². The Balaban J connectivity index is 2.21. The molecule has 5 nitrogen and oxygen atoms in total. The highest BCUT2D eigenvalue weighted by molar-refractivity contribution is 7.07. The third-order valence-corrected chi connectivity index (χ3v) is 5.34. The molecule has 0 spiro atoms. The standard InChI is InChI=1S/C17H12Cl2N4OS/c1-10-13(9-14-17(24)22(2)15(25-14)6-7-20)16(19)23(21-10)12-5-3-4-11(18)8-12/h3-6,8-9H,1-2H3/b14-9-,15-6-. The normalized spacial score (nSPS) is 12.6. The molecule has 0 N–H and O–H groups in total. The Labute approximate surface area is 157 Å². The Hall–Kier alpha value is -2.33. The highest BCUT2D eigenvalue weighted by atomic mass is 35.5. The number of nitrogens with zero attached hydrogens (tertiary/aromatic N) is 4. The maximum Gasteiger partial charge on any atom is 0.268 e. The molecular weight excluding hydrogens is 379 g/mol. The van der Waals surface area contributed by atoms with Gasteiger partial charge in [0.1, 0.15) is 9.82 Å². The van der Waals surface area contributed by atoms with E-state index in [1.54, 1.807) is 29.9 Å². The van der Waals surface area contributed by atoms with Gasteiger partial charge in [-0.05, 0) is 31.2 Å². The highest BCUT2D eigenvalue weighted by Gasteiger charge is 2.14. The lowest BCUT2D eigenvalue weighted by molar-refractivity contribution is 0.857. The molecule has 0 amide bonds. The van der Waals surface area contributed by atoms with Gasteiger partial charge in [0.15, 0.2) is 0 Å². The minimum absolute atomic E-state index is 0.183. The molecule has 2 heterocycles. The van der Waals surface area contributed by atoms with Gasteiger partial charge < -0.3 is 4.57 Å². The lowest BCUT2D eigenvalue weighted by atomic mass is 10.2. The number of benzene rings is 1. The minimum Gasteiger partial charge on any atom is -0.301 e. The van der Waals surface area contributed by atoms with Gasteiger partial charge in [-0.1, -0.05) is 29.3 Å². The van der Waals surface area contributed by atoms with E-state index in [-0.39, 0.29) is 5.56 Å². The average Bonchev–Trinajstić information content (AvgIpc) is 3.01. The zero-order valence-electron chi connectivity index (χ0n) is 13.3. The lowest BCUT2D eigenvalue weighted by Crippen LogP contribution is -2.28. The second kappa shape index (κ2) is 6.89. The molecule has 0 unspecified atom stereocenters. The smallest absolute Gasteiger partial charge is 0.268 e. The molecule has 0 aliphatic rings. The van der Waals surface area contributed by atoms with Crippen molar-refractivity contribution >= 4 is 46.7 Å². The molecule has 0 aliphatic heterocycles. The van der Waals surface area contributed by atoms with Gasteiger partial charge in [0, 0.05) is 23.7 Å². The number of thiazole rings is 1. The molecule has 25 heavy (non-hydrogen) atoms. The van der Waals surface area contributed by atoms with Crippen LogP contribution in [-0.4, -0.2) is 14.3 Å². The van der Waals surface area contributed by atoms with Crippen LogP contribution >= 0.6 is 34.5 Å². The predicted molar refractivity (Wildman–Crippen MR) is 101 cm³/mol. The predicted octanol–water partition coefficient (Wildman–Crippen LogP) is 2.38. The van der Waals surface area contributed by atoms with Gasteiger partial charge in [-0.3, -0.25) is 4.79 Å². The van der Waals surface area contributed by atoms with Gasteiger partial charge in [0.25, 0.3) is 5.56 Å². The van der Waals surface area contributed by atoms with E-state index in [0.29, 0.717) is 30.6 Å². The SMILES string of the molecule is Cc1nn(-c2cccc(Cl)c2)c(Cl)c1/C=c1\s/c(=C\C#N)n(C)c1=O. The molecule has 8 heteroatoms. The number of aryl methyl sites for hydroxylation is 1. The van der Waals surface area contributed by atoms with Gasteiger partial charge in [0.05, 0.1) is 22.0 Å². The van der Waals surface area contributed by atoms with E-state index in [2.05, 4.69) is 5.10 Å². The number of nitriles is 1. The van der Waals surface area contributed by atoms with E-state index in [4.69, 9.17) is 28.5 Å². The third kappa shape index (κ3) is 3.27. The van der Waals surface area contributed by atoms with Crippen LogP contribution in [0.25, 0.3) is 17.8 Å². The van der Waals surface area contributed by atoms with Gasteiger partial charge in [0.2, 0.25) is 0 Å². The Bertz CT molecular complexity index is 1180. The fraction of sp³-hybridized carbons (Fsp3) is 0.118. The van der Waals surface area contributed by atoms with Crippen molar-refractivity contribution in [2.24, 2.45) is 7.05 Å². The zero-order chi connectivity index (χ0) is 18.1. The summed E-state index contributed by atoms with van der Waals surface area (Å²) in [5.74, 6) is 0. The number of rotatable bonds is 2. The lowest BCUT2D eigenvalue weighted by Gasteiger charge is -2.03. The van der Waals surface area contributed by atoms with E-state index >= 15 is 0 Å². The molecule has 0 saturated carbocycles. The van der Waals surface area contributed by atoms with Crippen molar-refractivity contribution in [3.63, 3.8) is 0 Å². The van der Waals surface area contributed by atoms with E-state index < -0.39 is 0 Å². The fourth-order valence-electron chi connectivity index (χ4n) is 2.35. The van der Waals surface area contributed by atoms with Crippen molar-refractivity contribution in [3.05, 3.63) is 65.2 Å². The quantitative estimate of drug-likeness (QED) is 0.674. The van der Waals surface area contributed by atoms with Crippen LogP contribution in [0.5, 0.6) is 0 Å². The van der Waals surface area contributed by atoms with Crippen molar-refractivity contribution in [2.75, 3.05) is 0 Å². The summed E-state index contributed by atoms with van der Waals surface area (Å²) in [5, 5.41) is 14.2. The summed E-state index contributed by atoms with van der Waals surface area (Å²) in [6.45, 7) is 1.82. The molecule has 0 radical (unpaired) electrons. The van der Waals surface area contributed by atoms with Gasteiger partial charge >= 0.3 is 0 Å². The molecule has 2 aromatic heterocycles.